The fraction of sp³-hybridized carbons (Fsp3) is 0.368. The van der Waals surface area contributed by atoms with Gasteiger partial charge in [-0.25, -0.2) is 0 Å². The lowest BCUT2D eigenvalue weighted by molar-refractivity contribution is -0.126. The summed E-state index contributed by atoms with van der Waals surface area (Å²) in [6, 6.07) is 13.9. The fourth-order valence-electron chi connectivity index (χ4n) is 2.99. The molecule has 0 aromatic heterocycles. The first kappa shape index (κ1) is 16.5. The Hall–Kier alpha value is -2.40. The van der Waals surface area contributed by atoms with Gasteiger partial charge in [0.15, 0.2) is 0 Å². The standard InChI is InChI=1S/C19H23N3O2/c20-11-17(14-8-9-14)22-19(24)12-21-18(23)10-15-6-3-5-13-4-1-2-7-16(13)15/h1-7,14,17H,8-12,20H2,(H,21,23)(H,22,24). The number of carbonyl (C=O) groups excluding carboxylic acids is 2. The van der Waals surface area contributed by atoms with Gasteiger partial charge in [-0.05, 0) is 35.1 Å². The topological polar surface area (TPSA) is 84.2 Å². The predicted octanol–water partition coefficient (Wildman–Crippen LogP) is 1.35. The first-order valence-electron chi connectivity index (χ1n) is 8.40. The average molecular weight is 325 g/mol. The van der Waals surface area contributed by atoms with Crippen molar-refractivity contribution in [2.75, 3.05) is 13.1 Å². The van der Waals surface area contributed by atoms with Crippen molar-refractivity contribution in [2.45, 2.75) is 25.3 Å². The van der Waals surface area contributed by atoms with Crippen LogP contribution in [0, 0.1) is 5.92 Å². The number of carbonyl (C=O) groups is 2. The Kier molecular flexibility index (Phi) is 5.11. The van der Waals surface area contributed by atoms with Crippen LogP contribution in [0.1, 0.15) is 18.4 Å². The molecule has 0 bridgehead atoms. The van der Waals surface area contributed by atoms with Crippen LogP contribution in [0.25, 0.3) is 10.8 Å². The van der Waals surface area contributed by atoms with E-state index < -0.39 is 0 Å². The van der Waals surface area contributed by atoms with E-state index in [0.717, 1.165) is 29.2 Å². The van der Waals surface area contributed by atoms with Gasteiger partial charge in [0, 0.05) is 12.6 Å². The zero-order chi connectivity index (χ0) is 16.9. The van der Waals surface area contributed by atoms with Gasteiger partial charge in [0.05, 0.1) is 13.0 Å². The van der Waals surface area contributed by atoms with E-state index in [1.54, 1.807) is 0 Å². The van der Waals surface area contributed by atoms with Crippen LogP contribution in [0.4, 0.5) is 0 Å². The highest BCUT2D eigenvalue weighted by Gasteiger charge is 2.31. The summed E-state index contributed by atoms with van der Waals surface area (Å²) in [5, 5.41) is 7.76. The molecular formula is C19H23N3O2. The molecule has 1 atom stereocenters. The maximum atomic E-state index is 12.1. The van der Waals surface area contributed by atoms with Crippen molar-refractivity contribution in [3.63, 3.8) is 0 Å². The molecule has 0 saturated heterocycles. The molecule has 3 rings (SSSR count). The zero-order valence-electron chi connectivity index (χ0n) is 13.6. The highest BCUT2D eigenvalue weighted by Crippen LogP contribution is 2.32. The third-order valence-electron chi connectivity index (χ3n) is 4.47. The van der Waals surface area contributed by atoms with Crippen molar-refractivity contribution in [3.05, 3.63) is 48.0 Å². The molecule has 2 amide bonds. The third-order valence-corrected chi connectivity index (χ3v) is 4.47. The molecule has 5 nitrogen and oxygen atoms in total. The molecule has 0 spiro atoms. The summed E-state index contributed by atoms with van der Waals surface area (Å²) in [6.45, 7) is 0.438. The second-order valence-electron chi connectivity index (χ2n) is 6.34. The molecule has 1 aliphatic rings. The summed E-state index contributed by atoms with van der Waals surface area (Å²) in [7, 11) is 0. The van der Waals surface area contributed by atoms with E-state index in [1.165, 1.54) is 0 Å². The van der Waals surface area contributed by atoms with E-state index in [9.17, 15) is 9.59 Å². The Morgan fingerprint density at radius 1 is 1.08 bits per heavy atom. The van der Waals surface area contributed by atoms with E-state index in [4.69, 9.17) is 5.73 Å². The van der Waals surface area contributed by atoms with E-state index in [1.807, 2.05) is 42.5 Å². The van der Waals surface area contributed by atoms with E-state index in [-0.39, 0.29) is 30.8 Å². The summed E-state index contributed by atoms with van der Waals surface area (Å²) in [5.41, 5.74) is 6.63. The minimum Gasteiger partial charge on any atom is -0.350 e. The second-order valence-corrected chi connectivity index (χ2v) is 6.34. The third kappa shape index (κ3) is 4.11. The second kappa shape index (κ2) is 7.45. The van der Waals surface area contributed by atoms with E-state index in [2.05, 4.69) is 10.6 Å². The van der Waals surface area contributed by atoms with Crippen LogP contribution in [0.15, 0.2) is 42.5 Å². The van der Waals surface area contributed by atoms with E-state index in [0.29, 0.717) is 12.5 Å². The van der Waals surface area contributed by atoms with Crippen LogP contribution in [0.2, 0.25) is 0 Å². The Bertz CT molecular complexity index is 735. The number of amides is 2. The number of hydrogen-bond donors (Lipinski definition) is 3. The van der Waals surface area contributed by atoms with Gasteiger partial charge in [0.1, 0.15) is 0 Å². The van der Waals surface area contributed by atoms with Gasteiger partial charge < -0.3 is 16.4 Å². The smallest absolute Gasteiger partial charge is 0.239 e. The number of nitrogens with one attached hydrogen (secondary N) is 2. The van der Waals surface area contributed by atoms with Crippen LogP contribution in [0.5, 0.6) is 0 Å². The number of benzene rings is 2. The van der Waals surface area contributed by atoms with Crippen LogP contribution in [0.3, 0.4) is 0 Å². The van der Waals surface area contributed by atoms with Gasteiger partial charge in [0.25, 0.3) is 0 Å². The van der Waals surface area contributed by atoms with Crippen LogP contribution in [-0.2, 0) is 16.0 Å². The molecule has 2 aromatic carbocycles. The number of hydrogen-bond acceptors (Lipinski definition) is 3. The van der Waals surface area contributed by atoms with Crippen molar-refractivity contribution < 1.29 is 9.59 Å². The number of rotatable bonds is 7. The molecule has 4 N–H and O–H groups in total. The molecule has 1 unspecified atom stereocenters. The minimum absolute atomic E-state index is 0.00712. The maximum absolute atomic E-state index is 12.1. The van der Waals surface area contributed by atoms with E-state index >= 15 is 0 Å². The molecule has 0 heterocycles. The molecule has 126 valence electrons. The van der Waals surface area contributed by atoms with Crippen molar-refractivity contribution in [1.29, 1.82) is 0 Å². The number of nitrogens with two attached hydrogens (primary N) is 1. The van der Waals surface area contributed by atoms with Gasteiger partial charge in [-0.1, -0.05) is 42.5 Å². The van der Waals surface area contributed by atoms with Crippen LogP contribution >= 0.6 is 0 Å². The fourth-order valence-corrected chi connectivity index (χ4v) is 2.99. The SMILES string of the molecule is NCC(NC(=O)CNC(=O)Cc1cccc2ccccc12)C1CC1. The molecule has 2 aromatic rings. The summed E-state index contributed by atoms with van der Waals surface area (Å²) in [6.07, 6.45) is 2.50. The monoisotopic (exact) mass is 325 g/mol. The van der Waals surface area contributed by atoms with Crippen LogP contribution < -0.4 is 16.4 Å². The zero-order valence-corrected chi connectivity index (χ0v) is 13.6. The van der Waals surface area contributed by atoms with Gasteiger partial charge >= 0.3 is 0 Å². The summed E-state index contributed by atoms with van der Waals surface area (Å²) < 4.78 is 0. The van der Waals surface area contributed by atoms with Gasteiger partial charge in [-0.3, -0.25) is 9.59 Å². The van der Waals surface area contributed by atoms with Gasteiger partial charge in [-0.2, -0.15) is 0 Å². The molecular weight excluding hydrogens is 302 g/mol. The first-order valence-corrected chi connectivity index (χ1v) is 8.40. The molecule has 1 saturated carbocycles. The predicted molar refractivity (Wildman–Crippen MR) is 94.4 cm³/mol. The lowest BCUT2D eigenvalue weighted by atomic mass is 10.0. The van der Waals surface area contributed by atoms with Gasteiger partial charge in [0.2, 0.25) is 11.8 Å². The lowest BCUT2D eigenvalue weighted by Gasteiger charge is -2.16. The molecule has 1 fully saturated rings. The maximum Gasteiger partial charge on any atom is 0.239 e. The quantitative estimate of drug-likeness (QED) is 0.718. The van der Waals surface area contributed by atoms with Crippen molar-refractivity contribution in [2.24, 2.45) is 11.7 Å². The Morgan fingerprint density at radius 3 is 2.58 bits per heavy atom. The molecule has 0 radical (unpaired) electrons. The Labute approximate surface area is 141 Å². The normalized spacial score (nSPS) is 15.0. The lowest BCUT2D eigenvalue weighted by Crippen LogP contribution is -2.46. The molecule has 5 heteroatoms. The van der Waals surface area contributed by atoms with Crippen molar-refractivity contribution in [3.8, 4) is 0 Å². The highest BCUT2D eigenvalue weighted by molar-refractivity contribution is 5.91. The first-order chi connectivity index (χ1) is 11.7. The number of fused-ring (bicyclic) bond motifs is 1. The molecule has 24 heavy (non-hydrogen) atoms. The van der Waals surface area contributed by atoms with Crippen molar-refractivity contribution in [1.82, 2.24) is 10.6 Å². The molecule has 0 aliphatic heterocycles. The molecule has 1 aliphatic carbocycles. The van der Waals surface area contributed by atoms with Crippen LogP contribution in [-0.4, -0.2) is 30.9 Å². The Morgan fingerprint density at radius 2 is 1.83 bits per heavy atom. The minimum atomic E-state index is -0.177. The van der Waals surface area contributed by atoms with Crippen molar-refractivity contribution >= 4 is 22.6 Å². The summed E-state index contributed by atoms with van der Waals surface area (Å²) >= 11 is 0. The highest BCUT2D eigenvalue weighted by atomic mass is 16.2. The average Bonchev–Trinajstić information content (AvgIpc) is 3.43. The summed E-state index contributed by atoms with van der Waals surface area (Å²) in [4.78, 5) is 24.1. The Balaban J connectivity index is 1.52. The van der Waals surface area contributed by atoms with Gasteiger partial charge in [-0.15, -0.1) is 0 Å². The largest absolute Gasteiger partial charge is 0.350 e. The summed E-state index contributed by atoms with van der Waals surface area (Å²) in [5.74, 6) is 0.172.